The average Bonchev–Trinajstić information content (AvgIpc) is 2.63. The van der Waals surface area contributed by atoms with E-state index < -0.39 is 0 Å². The normalized spacial score (nSPS) is 12.9. The summed E-state index contributed by atoms with van der Waals surface area (Å²) in [5, 5.41) is 5.45. The van der Waals surface area contributed by atoms with Crippen molar-refractivity contribution < 1.29 is 14.9 Å². The van der Waals surface area contributed by atoms with E-state index in [0.717, 1.165) is 16.8 Å². The molecule has 27 heavy (non-hydrogen) atoms. The number of carbonyl (C=O) groups excluding carboxylic acids is 2. The van der Waals surface area contributed by atoms with Crippen LogP contribution in [0.5, 0.6) is 0 Å². The van der Waals surface area contributed by atoms with Crippen molar-refractivity contribution in [3.63, 3.8) is 0 Å². The number of carbonyl (C=O) groups is 2. The lowest BCUT2D eigenvalue weighted by Gasteiger charge is -2.22. The number of benzene rings is 2. The Morgan fingerprint density at radius 3 is 2.37 bits per heavy atom. The highest BCUT2D eigenvalue weighted by atomic mass is 35.5. The largest absolute Gasteiger partial charge is 0.331 e. The van der Waals surface area contributed by atoms with Crippen LogP contribution in [0.4, 0.5) is 5.69 Å². The summed E-state index contributed by atoms with van der Waals surface area (Å²) < 4.78 is 0. The molecule has 3 N–H and O–H groups in total. The summed E-state index contributed by atoms with van der Waals surface area (Å²) in [6.07, 6.45) is 0. The second kappa shape index (κ2) is 9.53. The van der Waals surface area contributed by atoms with Crippen LogP contribution in [0.3, 0.4) is 0 Å². The fourth-order valence-electron chi connectivity index (χ4n) is 2.94. The number of hydrogen-bond acceptors (Lipinski definition) is 2. The summed E-state index contributed by atoms with van der Waals surface area (Å²) in [5.41, 5.74) is 2.83. The second-order valence-corrected chi connectivity index (χ2v) is 7.31. The van der Waals surface area contributed by atoms with Gasteiger partial charge >= 0.3 is 0 Å². The fraction of sp³-hybridized carbons (Fsp3) is 0.333. The van der Waals surface area contributed by atoms with Crippen molar-refractivity contribution in [1.29, 1.82) is 0 Å². The number of rotatable bonds is 7. The Kier molecular flexibility index (Phi) is 7.39. The van der Waals surface area contributed by atoms with Crippen LogP contribution in [0.1, 0.15) is 31.0 Å². The topological polar surface area (TPSA) is 66.0 Å². The Morgan fingerprint density at radius 1 is 1.11 bits per heavy atom. The van der Waals surface area contributed by atoms with Gasteiger partial charge in [-0.1, -0.05) is 47.5 Å². The molecule has 0 aromatic heterocycles. The maximum atomic E-state index is 12.6. The van der Waals surface area contributed by atoms with Crippen LogP contribution < -0.4 is 10.6 Å². The Balaban J connectivity index is 1.88. The van der Waals surface area contributed by atoms with E-state index in [4.69, 9.17) is 11.6 Å². The van der Waals surface area contributed by atoms with Gasteiger partial charge in [0.25, 0.3) is 5.91 Å². The van der Waals surface area contributed by atoms with Crippen molar-refractivity contribution >= 4 is 29.1 Å². The third-order valence-electron chi connectivity index (χ3n) is 4.45. The minimum Gasteiger partial charge on any atom is -0.331 e. The van der Waals surface area contributed by atoms with Gasteiger partial charge in [-0.2, -0.15) is 0 Å². The molecule has 0 aliphatic heterocycles. The predicted octanol–water partition coefficient (Wildman–Crippen LogP) is 2.76. The summed E-state index contributed by atoms with van der Waals surface area (Å²) in [5.74, 6) is -0.325. The van der Waals surface area contributed by atoms with Crippen LogP contribution in [0.25, 0.3) is 0 Å². The first kappa shape index (κ1) is 20.9. The van der Waals surface area contributed by atoms with E-state index in [-0.39, 0.29) is 30.4 Å². The molecule has 6 heteroatoms. The summed E-state index contributed by atoms with van der Waals surface area (Å²) in [6, 6.07) is 14.9. The molecule has 2 aromatic carbocycles. The number of quaternary nitrogens is 1. The Labute approximate surface area is 165 Å². The molecule has 2 amide bonds. The minimum absolute atomic E-state index is 0.00532. The molecular formula is C21H27ClN3O2+. The quantitative estimate of drug-likeness (QED) is 0.765. The first-order valence-electron chi connectivity index (χ1n) is 8.99. The standard InChI is InChI=1S/C21H26ClN3O2/c1-14-9-11-17(12-10-14)24-20(26)13-25(4)21(27)16(3)23-15(2)18-7-5-6-8-19(18)22/h5-12,15-16,23H,13H2,1-4H3,(H,24,26)/p+1/t15-,16-/m0/s1. The highest BCUT2D eigenvalue weighted by Crippen LogP contribution is 2.19. The van der Waals surface area contributed by atoms with E-state index in [1.807, 2.05) is 74.6 Å². The lowest BCUT2D eigenvalue weighted by atomic mass is 10.1. The summed E-state index contributed by atoms with van der Waals surface area (Å²) >= 11 is 6.23. The van der Waals surface area contributed by atoms with Gasteiger partial charge in [0.15, 0.2) is 6.04 Å². The molecule has 0 spiro atoms. The third kappa shape index (κ3) is 6.08. The van der Waals surface area contributed by atoms with Crippen LogP contribution >= 0.6 is 11.6 Å². The molecule has 2 rings (SSSR count). The molecule has 0 aliphatic carbocycles. The monoisotopic (exact) mass is 388 g/mol. The fourth-order valence-corrected chi connectivity index (χ4v) is 3.25. The number of nitrogens with two attached hydrogens (primary N) is 1. The number of likely N-dealkylation sites (N-methyl/N-ethyl adjacent to an activating group) is 1. The van der Waals surface area contributed by atoms with Crippen LogP contribution in [-0.4, -0.2) is 36.3 Å². The van der Waals surface area contributed by atoms with Crippen LogP contribution in [-0.2, 0) is 9.59 Å². The zero-order chi connectivity index (χ0) is 20.0. The highest BCUT2D eigenvalue weighted by Gasteiger charge is 2.25. The Bertz CT molecular complexity index is 792. The van der Waals surface area contributed by atoms with E-state index in [9.17, 15) is 9.59 Å². The van der Waals surface area contributed by atoms with Gasteiger partial charge in [0.1, 0.15) is 6.04 Å². The summed E-state index contributed by atoms with van der Waals surface area (Å²) in [7, 11) is 1.64. The first-order chi connectivity index (χ1) is 12.8. The van der Waals surface area contributed by atoms with Gasteiger partial charge in [-0.3, -0.25) is 9.59 Å². The van der Waals surface area contributed by atoms with Gasteiger partial charge in [-0.15, -0.1) is 0 Å². The van der Waals surface area contributed by atoms with E-state index in [1.54, 1.807) is 7.05 Å². The van der Waals surface area contributed by atoms with Gasteiger partial charge in [0.2, 0.25) is 5.91 Å². The molecule has 0 saturated heterocycles. The zero-order valence-corrected chi connectivity index (χ0v) is 17.0. The van der Waals surface area contributed by atoms with E-state index in [0.29, 0.717) is 5.02 Å². The number of anilines is 1. The van der Waals surface area contributed by atoms with E-state index >= 15 is 0 Å². The summed E-state index contributed by atoms with van der Waals surface area (Å²) in [6.45, 7) is 5.84. The number of amides is 2. The lowest BCUT2D eigenvalue weighted by molar-refractivity contribution is -0.710. The molecule has 144 valence electrons. The van der Waals surface area contributed by atoms with Gasteiger partial charge < -0.3 is 15.5 Å². The number of aryl methyl sites for hydroxylation is 1. The molecule has 0 saturated carbocycles. The maximum Gasteiger partial charge on any atom is 0.280 e. The summed E-state index contributed by atoms with van der Waals surface area (Å²) in [4.78, 5) is 26.2. The minimum atomic E-state index is -0.326. The number of halogens is 1. The zero-order valence-electron chi connectivity index (χ0n) is 16.2. The van der Waals surface area contributed by atoms with Gasteiger partial charge in [-0.05, 0) is 39.0 Å². The van der Waals surface area contributed by atoms with Gasteiger partial charge in [0.05, 0.1) is 6.54 Å². The van der Waals surface area contributed by atoms with E-state index in [2.05, 4.69) is 5.32 Å². The molecule has 0 fully saturated rings. The highest BCUT2D eigenvalue weighted by molar-refractivity contribution is 6.31. The molecule has 0 bridgehead atoms. The van der Waals surface area contributed by atoms with Crippen molar-refractivity contribution in [3.05, 3.63) is 64.7 Å². The van der Waals surface area contributed by atoms with Crippen LogP contribution in [0, 0.1) is 6.92 Å². The SMILES string of the molecule is Cc1ccc(NC(=O)CN(C)C(=O)[C@H](C)[NH2+][C@@H](C)c2ccccc2Cl)cc1. The van der Waals surface area contributed by atoms with Crippen molar-refractivity contribution in [3.8, 4) is 0 Å². The van der Waals surface area contributed by atoms with Crippen molar-refractivity contribution in [2.75, 3.05) is 18.9 Å². The van der Waals surface area contributed by atoms with Crippen molar-refractivity contribution in [2.45, 2.75) is 32.9 Å². The second-order valence-electron chi connectivity index (χ2n) is 6.90. The molecule has 0 unspecified atom stereocenters. The molecule has 0 heterocycles. The molecule has 2 atom stereocenters. The molecule has 0 aliphatic rings. The van der Waals surface area contributed by atoms with Gasteiger partial charge in [0, 0.05) is 23.3 Å². The Hall–Kier alpha value is -2.37. The van der Waals surface area contributed by atoms with Crippen molar-refractivity contribution in [1.82, 2.24) is 4.90 Å². The molecule has 5 nitrogen and oxygen atoms in total. The maximum absolute atomic E-state index is 12.6. The first-order valence-corrected chi connectivity index (χ1v) is 9.36. The van der Waals surface area contributed by atoms with Crippen LogP contribution in [0.15, 0.2) is 48.5 Å². The smallest absolute Gasteiger partial charge is 0.280 e. The molecule has 2 aromatic rings. The van der Waals surface area contributed by atoms with Gasteiger partial charge in [-0.25, -0.2) is 0 Å². The van der Waals surface area contributed by atoms with Crippen molar-refractivity contribution in [2.24, 2.45) is 0 Å². The lowest BCUT2D eigenvalue weighted by Crippen LogP contribution is -2.92. The number of nitrogens with zero attached hydrogens (tertiary/aromatic N) is 1. The number of nitrogens with one attached hydrogen (secondary N) is 1. The van der Waals surface area contributed by atoms with E-state index in [1.165, 1.54) is 4.90 Å². The molecular weight excluding hydrogens is 362 g/mol. The number of hydrogen-bond donors (Lipinski definition) is 2. The molecule has 0 radical (unpaired) electrons. The predicted molar refractivity (Wildman–Crippen MR) is 109 cm³/mol. The third-order valence-corrected chi connectivity index (χ3v) is 4.80. The average molecular weight is 389 g/mol. The van der Waals surface area contributed by atoms with Crippen LogP contribution in [0.2, 0.25) is 5.02 Å². The Morgan fingerprint density at radius 2 is 1.74 bits per heavy atom.